The first-order valence-electron chi connectivity index (χ1n) is 6.62. The van der Waals surface area contributed by atoms with Gasteiger partial charge in [0, 0.05) is 37.0 Å². The minimum absolute atomic E-state index is 0.0955. The molecule has 20 heavy (non-hydrogen) atoms. The third kappa shape index (κ3) is 3.38. The van der Waals surface area contributed by atoms with Gasteiger partial charge in [-0.1, -0.05) is 18.5 Å². The number of thiazole rings is 1. The third-order valence-electron chi connectivity index (χ3n) is 3.27. The highest BCUT2D eigenvalue weighted by atomic mass is 35.5. The molecule has 0 amide bonds. The zero-order valence-electron chi connectivity index (χ0n) is 12.0. The summed E-state index contributed by atoms with van der Waals surface area (Å²) in [5, 5.41) is 8.32. The molecule has 110 valence electrons. The highest BCUT2D eigenvalue weighted by Crippen LogP contribution is 2.23. The normalized spacial score (nSPS) is 12.8. The molecule has 0 aliphatic carbocycles. The highest BCUT2D eigenvalue weighted by Gasteiger charge is 2.18. The van der Waals surface area contributed by atoms with Crippen LogP contribution in [-0.2, 0) is 26.3 Å². The molecule has 5 nitrogen and oxygen atoms in total. The predicted molar refractivity (Wildman–Crippen MR) is 83.0 cm³/mol. The van der Waals surface area contributed by atoms with Crippen LogP contribution in [0.15, 0.2) is 5.38 Å². The zero-order valence-corrected chi connectivity index (χ0v) is 13.6. The predicted octanol–water partition coefficient (Wildman–Crippen LogP) is 2.02. The molecule has 0 radical (unpaired) electrons. The summed E-state index contributed by atoms with van der Waals surface area (Å²) in [6.45, 7) is 4.05. The first-order valence-corrected chi connectivity index (χ1v) is 7.88. The van der Waals surface area contributed by atoms with Crippen molar-refractivity contribution in [1.82, 2.24) is 20.2 Å². The average Bonchev–Trinajstić information content (AvgIpc) is 2.95. The first-order chi connectivity index (χ1) is 9.55. The number of nitrogens with two attached hydrogens (primary N) is 1. The Morgan fingerprint density at radius 1 is 1.50 bits per heavy atom. The van der Waals surface area contributed by atoms with E-state index in [2.05, 4.69) is 27.8 Å². The largest absolute Gasteiger partial charge is 0.271 e. The van der Waals surface area contributed by atoms with Crippen LogP contribution in [0.5, 0.6) is 0 Å². The van der Waals surface area contributed by atoms with Crippen LogP contribution in [0.25, 0.3) is 0 Å². The molecule has 0 spiro atoms. The minimum atomic E-state index is 0.0955. The van der Waals surface area contributed by atoms with E-state index in [1.165, 1.54) is 0 Å². The maximum absolute atomic E-state index is 6.37. The van der Waals surface area contributed by atoms with Gasteiger partial charge < -0.3 is 0 Å². The van der Waals surface area contributed by atoms with Gasteiger partial charge in [0.15, 0.2) is 0 Å². The Balaban J connectivity index is 2.12. The van der Waals surface area contributed by atoms with Gasteiger partial charge in [-0.3, -0.25) is 16.0 Å². The summed E-state index contributed by atoms with van der Waals surface area (Å²) >= 11 is 8.03. The number of rotatable bonds is 6. The second-order valence-electron chi connectivity index (χ2n) is 4.84. The number of aryl methyl sites for hydroxylation is 3. The molecular formula is C13H20ClN5S. The fourth-order valence-electron chi connectivity index (χ4n) is 2.17. The zero-order chi connectivity index (χ0) is 14.7. The number of nitrogens with zero attached hydrogens (tertiary/aromatic N) is 3. The second kappa shape index (κ2) is 6.67. The fourth-order valence-corrected chi connectivity index (χ4v) is 3.40. The molecule has 0 aromatic carbocycles. The van der Waals surface area contributed by atoms with E-state index < -0.39 is 0 Å². The number of nitrogens with one attached hydrogen (secondary N) is 1. The number of halogens is 1. The first kappa shape index (κ1) is 15.4. The van der Waals surface area contributed by atoms with Crippen LogP contribution in [0.4, 0.5) is 0 Å². The maximum Gasteiger partial charge on any atom is 0.0944 e. The second-order valence-corrected chi connectivity index (χ2v) is 6.16. The van der Waals surface area contributed by atoms with Crippen molar-refractivity contribution in [3.63, 3.8) is 0 Å². The van der Waals surface area contributed by atoms with Crippen LogP contribution in [0.1, 0.15) is 29.0 Å². The lowest BCUT2D eigenvalue weighted by atomic mass is 10.1. The van der Waals surface area contributed by atoms with Crippen LogP contribution in [0.2, 0.25) is 5.02 Å². The minimum Gasteiger partial charge on any atom is -0.271 e. The Labute approximate surface area is 128 Å². The Morgan fingerprint density at radius 2 is 2.25 bits per heavy atom. The van der Waals surface area contributed by atoms with Gasteiger partial charge in [-0.2, -0.15) is 5.10 Å². The van der Waals surface area contributed by atoms with Crippen molar-refractivity contribution in [2.75, 3.05) is 0 Å². The Morgan fingerprint density at radius 3 is 2.75 bits per heavy atom. The monoisotopic (exact) mass is 313 g/mol. The topological polar surface area (TPSA) is 68.8 Å². The summed E-state index contributed by atoms with van der Waals surface area (Å²) in [5.41, 5.74) is 5.85. The third-order valence-corrected chi connectivity index (χ3v) is 4.69. The van der Waals surface area contributed by atoms with E-state index >= 15 is 0 Å². The maximum atomic E-state index is 6.37. The molecule has 1 atom stereocenters. The average molecular weight is 314 g/mol. The van der Waals surface area contributed by atoms with Gasteiger partial charge in [-0.25, -0.2) is 4.98 Å². The summed E-state index contributed by atoms with van der Waals surface area (Å²) in [7, 11) is 1.92. The fraction of sp³-hybridized carbons (Fsp3) is 0.538. The van der Waals surface area contributed by atoms with E-state index in [4.69, 9.17) is 17.4 Å². The summed E-state index contributed by atoms with van der Waals surface area (Å²) in [4.78, 5) is 4.47. The molecule has 1 unspecified atom stereocenters. The van der Waals surface area contributed by atoms with E-state index in [1.807, 2.05) is 18.7 Å². The molecule has 0 fully saturated rings. The number of hydrazine groups is 1. The van der Waals surface area contributed by atoms with Crippen LogP contribution >= 0.6 is 22.9 Å². The lowest BCUT2D eigenvalue weighted by Gasteiger charge is -2.14. The van der Waals surface area contributed by atoms with Gasteiger partial charge in [-0.15, -0.1) is 11.3 Å². The molecule has 0 saturated heterocycles. The van der Waals surface area contributed by atoms with E-state index in [0.717, 1.165) is 46.4 Å². The van der Waals surface area contributed by atoms with Crippen LogP contribution in [0, 0.1) is 6.92 Å². The van der Waals surface area contributed by atoms with E-state index in [9.17, 15) is 0 Å². The molecule has 7 heteroatoms. The van der Waals surface area contributed by atoms with E-state index in [1.54, 1.807) is 11.3 Å². The molecular weight excluding hydrogens is 294 g/mol. The Hall–Kier alpha value is -0.950. The van der Waals surface area contributed by atoms with Crippen molar-refractivity contribution >= 4 is 22.9 Å². The van der Waals surface area contributed by atoms with Gasteiger partial charge in [0.05, 0.1) is 21.4 Å². The van der Waals surface area contributed by atoms with Gasteiger partial charge in [0.2, 0.25) is 0 Å². The molecule has 0 aliphatic rings. The van der Waals surface area contributed by atoms with Crippen molar-refractivity contribution in [2.24, 2.45) is 12.9 Å². The van der Waals surface area contributed by atoms with Gasteiger partial charge in [0.25, 0.3) is 0 Å². The van der Waals surface area contributed by atoms with Crippen molar-refractivity contribution in [1.29, 1.82) is 0 Å². The van der Waals surface area contributed by atoms with Crippen molar-refractivity contribution in [3.05, 3.63) is 32.5 Å². The Kier molecular flexibility index (Phi) is 5.15. The van der Waals surface area contributed by atoms with Crippen molar-refractivity contribution < 1.29 is 0 Å². The lowest BCUT2D eigenvalue weighted by molar-refractivity contribution is 0.504. The van der Waals surface area contributed by atoms with E-state index in [0.29, 0.717) is 0 Å². The molecule has 0 aliphatic heterocycles. The molecule has 2 aromatic rings. The quantitative estimate of drug-likeness (QED) is 0.632. The van der Waals surface area contributed by atoms with Crippen molar-refractivity contribution in [3.8, 4) is 0 Å². The van der Waals surface area contributed by atoms with Crippen LogP contribution in [0.3, 0.4) is 0 Å². The summed E-state index contributed by atoms with van der Waals surface area (Å²) in [6, 6.07) is 0.0955. The Bertz CT molecular complexity index is 577. The summed E-state index contributed by atoms with van der Waals surface area (Å²) in [6.07, 6.45) is 2.36. The van der Waals surface area contributed by atoms with Crippen LogP contribution < -0.4 is 11.3 Å². The van der Waals surface area contributed by atoms with Crippen molar-refractivity contribution in [2.45, 2.75) is 39.2 Å². The number of hydrogen-bond acceptors (Lipinski definition) is 5. The molecule has 3 N–H and O–H groups in total. The van der Waals surface area contributed by atoms with E-state index in [-0.39, 0.29) is 6.04 Å². The molecule has 2 heterocycles. The molecule has 0 saturated carbocycles. The molecule has 2 rings (SSSR count). The van der Waals surface area contributed by atoms with Gasteiger partial charge >= 0.3 is 0 Å². The molecule has 0 bridgehead atoms. The lowest BCUT2D eigenvalue weighted by Crippen LogP contribution is -2.39. The number of aromatic nitrogens is 3. The summed E-state index contributed by atoms with van der Waals surface area (Å²) in [5.74, 6) is 5.67. The summed E-state index contributed by atoms with van der Waals surface area (Å²) < 4.78 is 1.85. The standard InChI is InChI=1S/C13H20ClN5S/c1-4-10-13(14)11(19(3)18-10)5-9(17-15)6-12-16-8(2)7-20-12/h7,9,17H,4-6,15H2,1-3H3. The molecule has 2 aromatic heterocycles. The highest BCUT2D eigenvalue weighted by molar-refractivity contribution is 7.09. The SMILES string of the molecule is CCc1nn(C)c(CC(Cc2nc(C)cs2)NN)c1Cl. The van der Waals surface area contributed by atoms with Gasteiger partial charge in [0.1, 0.15) is 0 Å². The van der Waals surface area contributed by atoms with Gasteiger partial charge in [-0.05, 0) is 13.3 Å². The smallest absolute Gasteiger partial charge is 0.0944 e. The van der Waals surface area contributed by atoms with Crippen LogP contribution in [-0.4, -0.2) is 20.8 Å². The number of hydrogen-bond donors (Lipinski definition) is 2.